The van der Waals surface area contributed by atoms with Gasteiger partial charge in [-0.05, 0) is 29.7 Å². The van der Waals surface area contributed by atoms with Gasteiger partial charge in [0.1, 0.15) is 17.2 Å². The first-order valence-corrected chi connectivity index (χ1v) is 7.31. The smallest absolute Gasteiger partial charge is 0.257 e. The van der Waals surface area contributed by atoms with Gasteiger partial charge in [0.2, 0.25) is 0 Å². The Morgan fingerprint density at radius 2 is 1.71 bits per heavy atom. The molecule has 0 unspecified atom stereocenters. The van der Waals surface area contributed by atoms with Crippen molar-refractivity contribution in [3.05, 3.63) is 69.2 Å². The topological polar surface area (TPSA) is 29.1 Å². The summed E-state index contributed by atoms with van der Waals surface area (Å²) in [6.07, 6.45) is 0.826. The van der Waals surface area contributed by atoms with E-state index in [-0.39, 0.29) is 11.0 Å². The average molecular weight is 354 g/mol. The first-order valence-electron chi connectivity index (χ1n) is 6.52. The molecule has 0 aliphatic rings. The van der Waals surface area contributed by atoms with Crippen molar-refractivity contribution in [2.24, 2.45) is 0 Å². The molecule has 0 spiro atoms. The summed E-state index contributed by atoms with van der Waals surface area (Å²) in [5.41, 5.74) is 1.47. The van der Waals surface area contributed by atoms with Crippen molar-refractivity contribution in [3.63, 3.8) is 0 Å². The fourth-order valence-corrected chi connectivity index (χ4v) is 2.50. The molecule has 0 radical (unpaired) electrons. The lowest BCUT2D eigenvalue weighted by Crippen LogP contribution is -2.25. The number of carbonyl (C=O) groups is 1. The van der Waals surface area contributed by atoms with E-state index in [1.54, 1.807) is 0 Å². The van der Waals surface area contributed by atoms with Crippen molar-refractivity contribution in [2.75, 3.05) is 0 Å². The molecule has 5 heteroatoms. The van der Waals surface area contributed by atoms with Crippen LogP contribution in [-0.2, 0) is 13.0 Å². The van der Waals surface area contributed by atoms with Gasteiger partial charge in [-0.25, -0.2) is 8.78 Å². The van der Waals surface area contributed by atoms with Gasteiger partial charge in [-0.1, -0.05) is 47.1 Å². The Labute approximate surface area is 130 Å². The summed E-state index contributed by atoms with van der Waals surface area (Å²) in [5.74, 6) is -2.53. The predicted molar refractivity (Wildman–Crippen MR) is 81.0 cm³/mol. The second-order valence-electron chi connectivity index (χ2n) is 4.55. The highest BCUT2D eigenvalue weighted by atomic mass is 79.9. The number of nitrogens with one attached hydrogen (secondary N) is 1. The Hall–Kier alpha value is -1.75. The Kier molecular flexibility index (Phi) is 5.07. The monoisotopic (exact) mass is 353 g/mol. The van der Waals surface area contributed by atoms with E-state index >= 15 is 0 Å². The summed E-state index contributed by atoms with van der Waals surface area (Å²) in [4.78, 5) is 12.0. The van der Waals surface area contributed by atoms with Gasteiger partial charge in [-0.15, -0.1) is 0 Å². The first kappa shape index (κ1) is 15.6. The molecule has 1 amide bonds. The van der Waals surface area contributed by atoms with Crippen LogP contribution in [0.1, 0.15) is 28.4 Å². The molecule has 0 saturated carbocycles. The summed E-state index contributed by atoms with van der Waals surface area (Å²) >= 11 is 2.98. The van der Waals surface area contributed by atoms with Gasteiger partial charge in [0.25, 0.3) is 5.91 Å². The van der Waals surface area contributed by atoms with Crippen LogP contribution in [0.3, 0.4) is 0 Å². The SMILES string of the molecule is CCc1ccccc1CNC(=O)c1c(F)cc(Br)cc1F. The van der Waals surface area contributed by atoms with Crippen molar-refractivity contribution in [1.82, 2.24) is 5.32 Å². The van der Waals surface area contributed by atoms with Crippen LogP contribution in [-0.4, -0.2) is 5.91 Å². The second-order valence-corrected chi connectivity index (χ2v) is 5.47. The van der Waals surface area contributed by atoms with E-state index < -0.39 is 23.1 Å². The Morgan fingerprint density at radius 3 is 2.29 bits per heavy atom. The number of rotatable bonds is 4. The Balaban J connectivity index is 2.16. The lowest BCUT2D eigenvalue weighted by Gasteiger charge is -2.10. The van der Waals surface area contributed by atoms with E-state index in [2.05, 4.69) is 21.2 Å². The van der Waals surface area contributed by atoms with E-state index in [0.717, 1.165) is 29.7 Å². The van der Waals surface area contributed by atoms with Crippen molar-refractivity contribution in [1.29, 1.82) is 0 Å². The van der Waals surface area contributed by atoms with Crippen LogP contribution in [0.25, 0.3) is 0 Å². The van der Waals surface area contributed by atoms with Gasteiger partial charge in [-0.2, -0.15) is 0 Å². The molecule has 0 bridgehead atoms. The van der Waals surface area contributed by atoms with E-state index in [4.69, 9.17) is 0 Å². The molecule has 2 nitrogen and oxygen atoms in total. The molecule has 0 aliphatic carbocycles. The van der Waals surface area contributed by atoms with Crippen LogP contribution in [0.15, 0.2) is 40.9 Å². The maximum absolute atomic E-state index is 13.7. The molecule has 0 fully saturated rings. The summed E-state index contributed by atoms with van der Waals surface area (Å²) in [7, 11) is 0. The van der Waals surface area contributed by atoms with Gasteiger partial charge >= 0.3 is 0 Å². The van der Waals surface area contributed by atoms with E-state index in [1.165, 1.54) is 0 Å². The fourth-order valence-electron chi connectivity index (χ4n) is 2.10. The number of hydrogen-bond acceptors (Lipinski definition) is 1. The van der Waals surface area contributed by atoms with Crippen LogP contribution in [0.2, 0.25) is 0 Å². The van der Waals surface area contributed by atoms with Crippen molar-refractivity contribution < 1.29 is 13.6 Å². The molecule has 0 saturated heterocycles. The van der Waals surface area contributed by atoms with E-state index in [9.17, 15) is 13.6 Å². The molecule has 1 N–H and O–H groups in total. The zero-order chi connectivity index (χ0) is 15.4. The van der Waals surface area contributed by atoms with E-state index in [1.807, 2.05) is 31.2 Å². The molecule has 0 heterocycles. The highest BCUT2D eigenvalue weighted by molar-refractivity contribution is 9.10. The number of amides is 1. The van der Waals surface area contributed by atoms with Crippen LogP contribution in [0.4, 0.5) is 8.78 Å². The lowest BCUT2D eigenvalue weighted by molar-refractivity contribution is 0.0942. The summed E-state index contributed by atoms with van der Waals surface area (Å²) < 4.78 is 27.7. The Bertz CT molecular complexity index is 650. The second kappa shape index (κ2) is 6.80. The highest BCUT2D eigenvalue weighted by Gasteiger charge is 2.18. The third kappa shape index (κ3) is 3.67. The lowest BCUT2D eigenvalue weighted by atomic mass is 10.1. The van der Waals surface area contributed by atoms with Crippen LogP contribution < -0.4 is 5.32 Å². The molecule has 110 valence electrons. The van der Waals surface area contributed by atoms with Gasteiger partial charge < -0.3 is 5.32 Å². The minimum absolute atomic E-state index is 0.234. The third-order valence-corrected chi connectivity index (χ3v) is 3.63. The van der Waals surface area contributed by atoms with Crippen LogP contribution in [0, 0.1) is 11.6 Å². The average Bonchev–Trinajstić information content (AvgIpc) is 2.44. The highest BCUT2D eigenvalue weighted by Crippen LogP contribution is 2.19. The standard InChI is InChI=1S/C16H14BrF2NO/c1-2-10-5-3-4-6-11(10)9-20-16(21)15-13(18)7-12(17)8-14(15)19/h3-8H,2,9H2,1H3,(H,20,21). The molecular weight excluding hydrogens is 340 g/mol. The minimum Gasteiger partial charge on any atom is -0.348 e. The molecule has 2 aromatic carbocycles. The number of halogens is 3. The molecule has 0 atom stereocenters. The molecule has 2 rings (SSSR count). The number of carbonyl (C=O) groups excluding carboxylic acids is 1. The number of hydrogen-bond donors (Lipinski definition) is 1. The van der Waals surface area contributed by atoms with Crippen LogP contribution >= 0.6 is 15.9 Å². The van der Waals surface area contributed by atoms with Crippen molar-refractivity contribution >= 4 is 21.8 Å². The van der Waals surface area contributed by atoms with Gasteiger partial charge in [0, 0.05) is 11.0 Å². The first-order chi connectivity index (χ1) is 10.0. The van der Waals surface area contributed by atoms with Gasteiger partial charge in [0.15, 0.2) is 0 Å². The van der Waals surface area contributed by atoms with Gasteiger partial charge in [0.05, 0.1) is 0 Å². The zero-order valence-electron chi connectivity index (χ0n) is 11.4. The van der Waals surface area contributed by atoms with Crippen LogP contribution in [0.5, 0.6) is 0 Å². The number of aryl methyl sites for hydroxylation is 1. The third-order valence-electron chi connectivity index (χ3n) is 3.17. The summed E-state index contributed by atoms with van der Waals surface area (Å²) in [5, 5.41) is 2.56. The number of benzene rings is 2. The molecular formula is C16H14BrF2NO. The normalized spacial score (nSPS) is 10.5. The quantitative estimate of drug-likeness (QED) is 0.875. The van der Waals surface area contributed by atoms with E-state index in [0.29, 0.717) is 0 Å². The largest absolute Gasteiger partial charge is 0.348 e. The fraction of sp³-hybridized carbons (Fsp3) is 0.188. The summed E-state index contributed by atoms with van der Waals surface area (Å²) in [6.45, 7) is 2.24. The van der Waals surface area contributed by atoms with Gasteiger partial charge in [-0.3, -0.25) is 4.79 Å². The minimum atomic E-state index is -0.886. The maximum atomic E-state index is 13.7. The molecule has 21 heavy (non-hydrogen) atoms. The van der Waals surface area contributed by atoms with Crippen molar-refractivity contribution in [2.45, 2.75) is 19.9 Å². The molecule has 0 aliphatic heterocycles. The predicted octanol–water partition coefficient (Wildman–Crippen LogP) is 4.22. The summed E-state index contributed by atoms with van der Waals surface area (Å²) in [6, 6.07) is 9.76. The van der Waals surface area contributed by atoms with Crippen molar-refractivity contribution in [3.8, 4) is 0 Å². The maximum Gasteiger partial charge on any atom is 0.257 e. The Morgan fingerprint density at radius 1 is 1.14 bits per heavy atom. The zero-order valence-corrected chi connectivity index (χ0v) is 13.0. The molecule has 0 aromatic heterocycles. The molecule has 2 aromatic rings.